The molecule has 1 fully saturated rings. The first-order valence-electron chi connectivity index (χ1n) is 11.3. The van der Waals surface area contributed by atoms with Crippen LogP contribution in [0, 0.1) is 0 Å². The Labute approximate surface area is 194 Å². The number of hydrogen-bond donors (Lipinski definition) is 2. The molecule has 0 radical (unpaired) electrons. The van der Waals surface area contributed by atoms with Gasteiger partial charge in [0.05, 0.1) is 0 Å². The van der Waals surface area contributed by atoms with Gasteiger partial charge in [-0.05, 0) is 54.3 Å². The van der Waals surface area contributed by atoms with Gasteiger partial charge in [-0.15, -0.1) is 11.3 Å². The molecule has 2 heterocycles. The second-order valence-electron chi connectivity index (χ2n) is 8.82. The van der Waals surface area contributed by atoms with Crippen LogP contribution in [0.5, 0.6) is 0 Å². The topological polar surface area (TPSA) is 58.2 Å². The van der Waals surface area contributed by atoms with Crippen LogP contribution in [-0.2, 0) is 22.4 Å². The van der Waals surface area contributed by atoms with E-state index in [9.17, 15) is 9.59 Å². The lowest BCUT2D eigenvalue weighted by molar-refractivity contribution is -0.123. The van der Waals surface area contributed by atoms with E-state index in [1.54, 1.807) is 11.3 Å². The van der Waals surface area contributed by atoms with Crippen molar-refractivity contribution in [1.82, 2.24) is 10.6 Å². The van der Waals surface area contributed by atoms with E-state index in [2.05, 4.69) is 58.5 Å². The normalized spacial score (nSPS) is 18.8. The third kappa shape index (κ3) is 5.86. The molecule has 0 aliphatic carbocycles. The first-order valence-corrected chi connectivity index (χ1v) is 12.2. The van der Waals surface area contributed by atoms with Gasteiger partial charge in [-0.2, -0.15) is 0 Å². The van der Waals surface area contributed by atoms with Crippen LogP contribution < -0.4 is 10.6 Å². The zero-order valence-electron chi connectivity index (χ0n) is 18.5. The van der Waals surface area contributed by atoms with E-state index < -0.39 is 0 Å². The number of carbonyl (C=O) groups excluding carboxylic acids is 2. The fourth-order valence-corrected chi connectivity index (χ4v) is 5.34. The van der Waals surface area contributed by atoms with Gasteiger partial charge in [0, 0.05) is 35.7 Å². The van der Waals surface area contributed by atoms with E-state index in [1.165, 1.54) is 21.6 Å². The van der Waals surface area contributed by atoms with E-state index in [1.807, 2.05) is 31.2 Å². The second-order valence-corrected chi connectivity index (χ2v) is 9.85. The second kappa shape index (κ2) is 10.1. The molecule has 1 aliphatic heterocycles. The van der Waals surface area contributed by atoms with Crippen LogP contribution in [0.15, 0.2) is 72.1 Å². The van der Waals surface area contributed by atoms with Crippen molar-refractivity contribution in [3.63, 3.8) is 0 Å². The maximum atomic E-state index is 12.6. The Morgan fingerprint density at radius 2 is 1.81 bits per heavy atom. The summed E-state index contributed by atoms with van der Waals surface area (Å²) in [6.45, 7) is 2.04. The van der Waals surface area contributed by atoms with Gasteiger partial charge in [-0.3, -0.25) is 9.59 Å². The molecule has 1 saturated heterocycles. The van der Waals surface area contributed by atoms with Gasteiger partial charge in [0.1, 0.15) is 0 Å². The van der Waals surface area contributed by atoms with Gasteiger partial charge < -0.3 is 10.6 Å². The Kier molecular flexibility index (Phi) is 7.05. The van der Waals surface area contributed by atoms with Crippen molar-refractivity contribution >= 4 is 23.2 Å². The minimum Gasteiger partial charge on any atom is -0.353 e. The summed E-state index contributed by atoms with van der Waals surface area (Å²) in [5.41, 5.74) is 3.20. The highest BCUT2D eigenvalue weighted by atomic mass is 32.1. The number of nitrogens with one attached hydrogen (secondary N) is 2. The average molecular weight is 447 g/mol. The molecule has 2 amide bonds. The first kappa shape index (κ1) is 22.3. The third-order valence-electron chi connectivity index (χ3n) is 6.16. The summed E-state index contributed by atoms with van der Waals surface area (Å²) in [6.07, 6.45) is 3.95. The van der Waals surface area contributed by atoms with Gasteiger partial charge in [-0.25, -0.2) is 0 Å². The SMILES string of the molecule is C[C@H](Cc1cccs1)NC(=O)CC[C@@]1(Cc2ccc(-c3ccccc3)cc2)CCC(=O)N1. The van der Waals surface area contributed by atoms with Crippen molar-refractivity contribution < 1.29 is 9.59 Å². The average Bonchev–Trinajstić information content (AvgIpc) is 3.43. The van der Waals surface area contributed by atoms with Crippen molar-refractivity contribution in [2.45, 2.75) is 57.0 Å². The van der Waals surface area contributed by atoms with Crippen LogP contribution in [0.1, 0.15) is 43.0 Å². The molecule has 0 unspecified atom stereocenters. The van der Waals surface area contributed by atoms with Crippen molar-refractivity contribution in [3.05, 3.63) is 82.6 Å². The van der Waals surface area contributed by atoms with E-state index in [4.69, 9.17) is 0 Å². The van der Waals surface area contributed by atoms with Gasteiger partial charge in [0.2, 0.25) is 11.8 Å². The molecule has 4 rings (SSSR count). The van der Waals surface area contributed by atoms with Crippen LogP contribution in [0.3, 0.4) is 0 Å². The molecule has 2 N–H and O–H groups in total. The molecule has 0 spiro atoms. The Morgan fingerprint density at radius 3 is 2.47 bits per heavy atom. The van der Waals surface area contributed by atoms with Crippen molar-refractivity contribution in [1.29, 1.82) is 0 Å². The minimum atomic E-state index is -0.348. The molecule has 1 aliphatic rings. The lowest BCUT2D eigenvalue weighted by Crippen LogP contribution is -2.45. The quantitative estimate of drug-likeness (QED) is 0.478. The van der Waals surface area contributed by atoms with E-state index in [-0.39, 0.29) is 23.4 Å². The maximum Gasteiger partial charge on any atom is 0.220 e. The number of carbonyl (C=O) groups is 2. The van der Waals surface area contributed by atoms with Crippen LogP contribution in [0.4, 0.5) is 0 Å². The number of benzene rings is 2. The van der Waals surface area contributed by atoms with Crippen molar-refractivity contribution in [3.8, 4) is 11.1 Å². The summed E-state index contributed by atoms with van der Waals surface area (Å²) in [6, 6.07) is 23.1. The molecule has 2 atom stereocenters. The predicted octanol–water partition coefficient (Wildman–Crippen LogP) is 5.13. The van der Waals surface area contributed by atoms with Gasteiger partial charge in [0.15, 0.2) is 0 Å². The molecule has 5 heteroatoms. The Bertz CT molecular complexity index is 1030. The molecule has 2 aromatic carbocycles. The summed E-state index contributed by atoms with van der Waals surface area (Å²) in [5.74, 6) is 0.131. The molecule has 0 bridgehead atoms. The minimum absolute atomic E-state index is 0.0500. The lowest BCUT2D eigenvalue weighted by atomic mass is 9.84. The number of amides is 2. The fourth-order valence-electron chi connectivity index (χ4n) is 4.50. The molecular weight excluding hydrogens is 416 g/mol. The van der Waals surface area contributed by atoms with Gasteiger partial charge in [0.25, 0.3) is 0 Å². The third-order valence-corrected chi connectivity index (χ3v) is 7.06. The van der Waals surface area contributed by atoms with Crippen molar-refractivity contribution in [2.24, 2.45) is 0 Å². The maximum absolute atomic E-state index is 12.6. The van der Waals surface area contributed by atoms with Crippen LogP contribution >= 0.6 is 11.3 Å². The number of thiophene rings is 1. The monoisotopic (exact) mass is 446 g/mol. The molecule has 1 aromatic heterocycles. The molecule has 3 aromatic rings. The highest BCUT2D eigenvalue weighted by Gasteiger charge is 2.37. The number of hydrogen-bond acceptors (Lipinski definition) is 3. The fraction of sp³-hybridized carbons (Fsp3) is 0.333. The summed E-state index contributed by atoms with van der Waals surface area (Å²) in [4.78, 5) is 25.9. The van der Waals surface area contributed by atoms with Crippen LogP contribution in [-0.4, -0.2) is 23.4 Å². The highest BCUT2D eigenvalue weighted by molar-refractivity contribution is 7.09. The summed E-state index contributed by atoms with van der Waals surface area (Å²) in [7, 11) is 0. The van der Waals surface area contributed by atoms with Crippen LogP contribution in [0.2, 0.25) is 0 Å². The van der Waals surface area contributed by atoms with Gasteiger partial charge in [-0.1, -0.05) is 60.7 Å². The van der Waals surface area contributed by atoms with Crippen LogP contribution in [0.25, 0.3) is 11.1 Å². The highest BCUT2D eigenvalue weighted by Crippen LogP contribution is 2.30. The summed E-state index contributed by atoms with van der Waals surface area (Å²) in [5, 5.41) is 8.36. The van der Waals surface area contributed by atoms with Crippen molar-refractivity contribution in [2.75, 3.05) is 0 Å². The first-order chi connectivity index (χ1) is 15.5. The zero-order valence-corrected chi connectivity index (χ0v) is 19.3. The number of rotatable bonds is 9. The zero-order chi connectivity index (χ0) is 22.4. The van der Waals surface area contributed by atoms with E-state index >= 15 is 0 Å². The smallest absolute Gasteiger partial charge is 0.220 e. The predicted molar refractivity (Wildman–Crippen MR) is 131 cm³/mol. The Hall–Kier alpha value is -2.92. The van der Waals surface area contributed by atoms with Gasteiger partial charge >= 0.3 is 0 Å². The summed E-state index contributed by atoms with van der Waals surface area (Å²) < 4.78 is 0. The largest absolute Gasteiger partial charge is 0.353 e. The molecular formula is C27H30N2O2S. The molecule has 0 saturated carbocycles. The van der Waals surface area contributed by atoms with E-state index in [0.717, 1.165) is 19.3 Å². The Morgan fingerprint density at radius 1 is 1.06 bits per heavy atom. The summed E-state index contributed by atoms with van der Waals surface area (Å²) >= 11 is 1.71. The lowest BCUT2D eigenvalue weighted by Gasteiger charge is -2.29. The molecule has 4 nitrogen and oxygen atoms in total. The molecule has 166 valence electrons. The standard InChI is InChI=1S/C27H30N2O2S/c1-20(18-24-8-5-17-32-24)28-25(30)13-15-27(16-14-26(31)29-27)19-21-9-11-23(12-10-21)22-6-3-2-4-7-22/h2-12,17,20H,13-16,18-19H2,1H3,(H,28,30)(H,29,31)/t20-,27+/m1/s1. The Balaban J connectivity index is 1.36. The van der Waals surface area contributed by atoms with E-state index in [0.29, 0.717) is 19.3 Å². The molecule has 32 heavy (non-hydrogen) atoms.